The standard InChI is InChI=1S/C15H19NOS2/c1-4-5-6-15(16-3)19-18-14-11-12(2)7-8-13(14)9-10-17/h4-8,11,17H,3,9-10H2,1-2H3/b5-4-,15-6+. The van der Waals surface area contributed by atoms with Crippen LogP contribution in [-0.2, 0) is 6.42 Å². The number of benzene rings is 1. The number of nitrogens with zero attached hydrogens (tertiary/aromatic N) is 1. The highest BCUT2D eigenvalue weighted by molar-refractivity contribution is 8.78. The molecule has 0 unspecified atom stereocenters. The third-order valence-electron chi connectivity index (χ3n) is 2.41. The lowest BCUT2D eigenvalue weighted by atomic mass is 10.1. The molecule has 4 heteroatoms. The van der Waals surface area contributed by atoms with Crippen LogP contribution in [0.4, 0.5) is 0 Å². The smallest absolute Gasteiger partial charge is 0.106 e. The minimum Gasteiger partial charge on any atom is -0.396 e. The van der Waals surface area contributed by atoms with E-state index >= 15 is 0 Å². The monoisotopic (exact) mass is 293 g/mol. The van der Waals surface area contributed by atoms with Crippen molar-refractivity contribution in [1.29, 1.82) is 0 Å². The van der Waals surface area contributed by atoms with E-state index in [-0.39, 0.29) is 6.61 Å². The van der Waals surface area contributed by atoms with Gasteiger partial charge in [-0.2, -0.15) is 0 Å². The van der Waals surface area contributed by atoms with Crippen LogP contribution in [0.2, 0.25) is 0 Å². The maximum atomic E-state index is 9.09. The third kappa shape index (κ3) is 5.68. The number of rotatable bonds is 7. The molecule has 0 amide bonds. The van der Waals surface area contributed by atoms with Crippen LogP contribution < -0.4 is 0 Å². The van der Waals surface area contributed by atoms with Gasteiger partial charge >= 0.3 is 0 Å². The summed E-state index contributed by atoms with van der Waals surface area (Å²) in [6, 6.07) is 6.28. The molecule has 1 N–H and O–H groups in total. The summed E-state index contributed by atoms with van der Waals surface area (Å²) in [4.78, 5) is 5.17. The van der Waals surface area contributed by atoms with Crippen LogP contribution in [0.3, 0.4) is 0 Å². The van der Waals surface area contributed by atoms with Gasteiger partial charge in [0.25, 0.3) is 0 Å². The van der Waals surface area contributed by atoms with Crippen molar-refractivity contribution in [3.8, 4) is 0 Å². The number of allylic oxidation sites excluding steroid dienone is 3. The van der Waals surface area contributed by atoms with Gasteiger partial charge in [0.2, 0.25) is 0 Å². The first-order valence-corrected chi connectivity index (χ1v) is 8.21. The van der Waals surface area contributed by atoms with Crippen LogP contribution in [0.25, 0.3) is 0 Å². The minimum atomic E-state index is 0.169. The minimum absolute atomic E-state index is 0.169. The Morgan fingerprint density at radius 3 is 2.89 bits per heavy atom. The van der Waals surface area contributed by atoms with Gasteiger partial charge in [-0.15, -0.1) is 0 Å². The first kappa shape index (κ1) is 16.1. The van der Waals surface area contributed by atoms with E-state index in [4.69, 9.17) is 5.11 Å². The van der Waals surface area contributed by atoms with Crippen LogP contribution in [-0.4, -0.2) is 18.4 Å². The maximum absolute atomic E-state index is 9.09. The van der Waals surface area contributed by atoms with Crippen molar-refractivity contribution in [2.75, 3.05) is 6.61 Å². The quantitative estimate of drug-likeness (QED) is 0.460. The van der Waals surface area contributed by atoms with Gasteiger partial charge in [-0.3, -0.25) is 4.99 Å². The fourth-order valence-corrected chi connectivity index (χ4v) is 3.63. The Hall–Kier alpha value is -0.970. The molecule has 0 aliphatic heterocycles. The number of aliphatic imine (C=N–C) groups is 1. The predicted molar refractivity (Wildman–Crippen MR) is 87.9 cm³/mol. The van der Waals surface area contributed by atoms with Gasteiger partial charge in [-0.1, -0.05) is 35.1 Å². The summed E-state index contributed by atoms with van der Waals surface area (Å²) in [5.41, 5.74) is 2.38. The second kappa shape index (κ2) is 9.02. The molecular formula is C15H19NOS2. The molecular weight excluding hydrogens is 274 g/mol. The molecule has 0 radical (unpaired) electrons. The number of hydrogen-bond donors (Lipinski definition) is 1. The van der Waals surface area contributed by atoms with Gasteiger partial charge < -0.3 is 5.11 Å². The van der Waals surface area contributed by atoms with Crippen molar-refractivity contribution in [2.24, 2.45) is 4.99 Å². The van der Waals surface area contributed by atoms with E-state index in [2.05, 4.69) is 36.8 Å². The van der Waals surface area contributed by atoms with E-state index in [0.29, 0.717) is 6.42 Å². The van der Waals surface area contributed by atoms with E-state index in [1.165, 1.54) is 16.0 Å². The Morgan fingerprint density at radius 1 is 1.47 bits per heavy atom. The number of aryl methyl sites for hydroxylation is 1. The van der Waals surface area contributed by atoms with Gasteiger partial charge in [0.05, 0.1) is 0 Å². The van der Waals surface area contributed by atoms with Crippen LogP contribution in [0, 0.1) is 6.92 Å². The molecule has 19 heavy (non-hydrogen) atoms. The molecule has 0 saturated heterocycles. The first-order chi connectivity index (χ1) is 9.21. The Kier molecular flexibility index (Phi) is 7.63. The van der Waals surface area contributed by atoms with Crippen molar-refractivity contribution < 1.29 is 5.11 Å². The van der Waals surface area contributed by atoms with Crippen LogP contribution in [0.5, 0.6) is 0 Å². The second-order valence-electron chi connectivity index (χ2n) is 3.94. The van der Waals surface area contributed by atoms with Gasteiger partial charge in [0, 0.05) is 11.5 Å². The van der Waals surface area contributed by atoms with E-state index < -0.39 is 0 Å². The summed E-state index contributed by atoms with van der Waals surface area (Å²) >= 11 is 0. The Balaban J connectivity index is 2.80. The lowest BCUT2D eigenvalue weighted by molar-refractivity contribution is 0.299. The zero-order chi connectivity index (χ0) is 14.1. The second-order valence-corrected chi connectivity index (χ2v) is 6.13. The van der Waals surface area contributed by atoms with E-state index in [1.807, 2.05) is 25.2 Å². The van der Waals surface area contributed by atoms with Crippen LogP contribution >= 0.6 is 21.6 Å². The zero-order valence-electron chi connectivity index (χ0n) is 11.3. The highest BCUT2D eigenvalue weighted by Crippen LogP contribution is 2.39. The van der Waals surface area contributed by atoms with Crippen molar-refractivity contribution in [3.05, 3.63) is 52.6 Å². The fraction of sp³-hybridized carbons (Fsp3) is 0.267. The highest BCUT2D eigenvalue weighted by atomic mass is 33.1. The highest BCUT2D eigenvalue weighted by Gasteiger charge is 2.05. The third-order valence-corrected chi connectivity index (χ3v) is 4.79. The molecule has 1 aromatic rings. The van der Waals surface area contributed by atoms with Gasteiger partial charge in [-0.25, -0.2) is 0 Å². The predicted octanol–water partition coefficient (Wildman–Crippen LogP) is 4.39. The Morgan fingerprint density at radius 2 is 2.26 bits per heavy atom. The molecule has 1 rings (SSSR count). The lowest BCUT2D eigenvalue weighted by Crippen LogP contribution is -1.93. The first-order valence-electron chi connectivity index (χ1n) is 6.06. The number of hydrogen-bond acceptors (Lipinski definition) is 4. The molecule has 0 fully saturated rings. The van der Waals surface area contributed by atoms with Crippen molar-refractivity contribution in [1.82, 2.24) is 0 Å². The fourth-order valence-electron chi connectivity index (χ4n) is 1.44. The van der Waals surface area contributed by atoms with Crippen molar-refractivity contribution in [2.45, 2.75) is 25.2 Å². The molecule has 0 saturated carbocycles. The average molecular weight is 293 g/mol. The summed E-state index contributed by atoms with van der Waals surface area (Å²) < 4.78 is 0. The Labute approximate surface area is 123 Å². The lowest BCUT2D eigenvalue weighted by Gasteiger charge is -2.08. The molecule has 0 aliphatic carbocycles. The summed E-state index contributed by atoms with van der Waals surface area (Å²) in [6.07, 6.45) is 6.52. The van der Waals surface area contributed by atoms with E-state index in [9.17, 15) is 0 Å². The van der Waals surface area contributed by atoms with Crippen LogP contribution in [0.1, 0.15) is 18.1 Å². The molecule has 0 bridgehead atoms. The molecule has 0 spiro atoms. The van der Waals surface area contributed by atoms with Gasteiger partial charge in [0.1, 0.15) is 5.03 Å². The molecule has 0 heterocycles. The van der Waals surface area contributed by atoms with E-state index in [1.54, 1.807) is 21.6 Å². The van der Waals surface area contributed by atoms with Crippen molar-refractivity contribution >= 4 is 28.3 Å². The van der Waals surface area contributed by atoms with Gasteiger partial charge in [0.15, 0.2) is 0 Å². The number of aliphatic hydroxyl groups excluding tert-OH is 1. The average Bonchev–Trinajstić information content (AvgIpc) is 2.42. The number of aliphatic hydroxyl groups is 1. The van der Waals surface area contributed by atoms with Crippen LogP contribution in [0.15, 0.2) is 51.3 Å². The molecule has 0 atom stereocenters. The summed E-state index contributed by atoms with van der Waals surface area (Å²) in [5.74, 6) is 0. The Bertz CT molecular complexity index is 481. The largest absolute Gasteiger partial charge is 0.396 e. The normalized spacial score (nSPS) is 12.1. The SMILES string of the molecule is C=N/C(=C\C=C/C)SSc1cc(C)ccc1CCO. The molecule has 0 aliphatic rings. The van der Waals surface area contributed by atoms with E-state index in [0.717, 1.165) is 5.03 Å². The summed E-state index contributed by atoms with van der Waals surface area (Å²) in [5, 5.41) is 9.96. The maximum Gasteiger partial charge on any atom is 0.106 e. The zero-order valence-corrected chi connectivity index (χ0v) is 12.9. The van der Waals surface area contributed by atoms with Gasteiger partial charge in [-0.05, 0) is 61.0 Å². The molecule has 1 aromatic carbocycles. The molecule has 102 valence electrons. The topological polar surface area (TPSA) is 32.6 Å². The summed E-state index contributed by atoms with van der Waals surface area (Å²) in [6.45, 7) is 7.78. The molecule has 2 nitrogen and oxygen atoms in total. The summed E-state index contributed by atoms with van der Waals surface area (Å²) in [7, 11) is 3.23. The van der Waals surface area contributed by atoms with Crippen molar-refractivity contribution in [3.63, 3.8) is 0 Å². The molecule has 0 aromatic heterocycles.